The normalized spacial score (nSPS) is 20.4. The van der Waals surface area contributed by atoms with E-state index in [-0.39, 0.29) is 23.6 Å². The lowest BCUT2D eigenvalue weighted by Crippen LogP contribution is -2.33. The van der Waals surface area contributed by atoms with Gasteiger partial charge < -0.3 is 9.64 Å². The zero-order chi connectivity index (χ0) is 21.4. The number of nitro groups is 1. The first-order valence-corrected chi connectivity index (χ1v) is 10.7. The van der Waals surface area contributed by atoms with Crippen LogP contribution in [0, 0.1) is 10.1 Å². The number of thiocarbonyl (C=S) groups is 1. The van der Waals surface area contributed by atoms with Crippen molar-refractivity contribution in [1.29, 1.82) is 0 Å². The van der Waals surface area contributed by atoms with E-state index >= 15 is 0 Å². The largest absolute Gasteiger partial charge is 0.462 e. The van der Waals surface area contributed by atoms with Gasteiger partial charge in [0.1, 0.15) is 11.4 Å². The second-order valence-corrected chi connectivity index (χ2v) is 8.16. The van der Waals surface area contributed by atoms with Gasteiger partial charge in [0.2, 0.25) is 0 Å². The highest BCUT2D eigenvalue weighted by molar-refractivity contribution is 7.99. The van der Waals surface area contributed by atoms with Gasteiger partial charge in [0.15, 0.2) is 5.11 Å². The molecule has 2 saturated heterocycles. The van der Waals surface area contributed by atoms with Crippen molar-refractivity contribution in [3.63, 3.8) is 0 Å². The number of hydrogen-bond donors (Lipinski definition) is 0. The van der Waals surface area contributed by atoms with Gasteiger partial charge in [-0.15, -0.1) is 11.8 Å². The molecule has 0 bridgehead atoms. The molecule has 10 heteroatoms. The van der Waals surface area contributed by atoms with E-state index in [1.165, 1.54) is 28.8 Å². The molecule has 0 saturated carbocycles. The van der Waals surface area contributed by atoms with E-state index in [9.17, 15) is 19.7 Å². The van der Waals surface area contributed by atoms with Crippen LogP contribution in [0.3, 0.4) is 0 Å². The second-order valence-electron chi connectivity index (χ2n) is 6.68. The molecule has 1 amide bonds. The van der Waals surface area contributed by atoms with Crippen molar-refractivity contribution in [3.05, 3.63) is 69.8 Å². The summed E-state index contributed by atoms with van der Waals surface area (Å²) >= 11 is 7.15. The number of rotatable bonds is 5. The molecule has 2 aromatic carbocycles. The van der Waals surface area contributed by atoms with Crippen LogP contribution in [0.1, 0.15) is 28.2 Å². The highest BCUT2D eigenvalue weighted by Crippen LogP contribution is 2.46. The maximum Gasteiger partial charge on any atom is 0.338 e. The minimum Gasteiger partial charge on any atom is -0.462 e. The molecule has 30 heavy (non-hydrogen) atoms. The number of esters is 1. The molecule has 0 spiro atoms. The summed E-state index contributed by atoms with van der Waals surface area (Å²) in [4.78, 5) is 38.9. The number of hydrogen-bond acceptors (Lipinski definition) is 7. The van der Waals surface area contributed by atoms with Crippen LogP contribution in [0.15, 0.2) is 48.5 Å². The zero-order valence-corrected chi connectivity index (χ0v) is 17.5. The number of amides is 1. The van der Waals surface area contributed by atoms with Crippen molar-refractivity contribution in [2.24, 2.45) is 0 Å². The first kappa shape index (κ1) is 20.3. The molecule has 2 fully saturated rings. The quantitative estimate of drug-likeness (QED) is 0.300. The molecule has 2 atom stereocenters. The first-order chi connectivity index (χ1) is 14.4. The predicted octanol–water partition coefficient (Wildman–Crippen LogP) is 3.52. The Bertz CT molecular complexity index is 1040. The molecule has 0 N–H and O–H groups in total. The Labute approximate surface area is 181 Å². The monoisotopic (exact) mass is 443 g/mol. The van der Waals surface area contributed by atoms with Crippen LogP contribution in [0.5, 0.6) is 0 Å². The van der Waals surface area contributed by atoms with Gasteiger partial charge in [-0.2, -0.15) is 0 Å². The summed E-state index contributed by atoms with van der Waals surface area (Å²) in [5.41, 5.74) is 1.68. The molecular weight excluding hydrogens is 426 g/mol. The van der Waals surface area contributed by atoms with Gasteiger partial charge >= 0.3 is 5.97 Å². The standard InChI is InChI=1S/C20H17N3O5S2/c1-2-28-19(25)12-6-8-14(9-7-12)21-17(24)16-11-30-18(22(16)20(21)29)13-4-3-5-15(10-13)23(26)27/h3-10,16,18H,2,11H2,1H3/t16-,18+/m1/s1. The van der Waals surface area contributed by atoms with Crippen LogP contribution in [0.25, 0.3) is 0 Å². The number of non-ortho nitro benzene ring substituents is 1. The molecule has 0 radical (unpaired) electrons. The number of ether oxygens (including phenoxy) is 1. The molecule has 2 aliphatic rings. The molecule has 154 valence electrons. The van der Waals surface area contributed by atoms with E-state index in [4.69, 9.17) is 17.0 Å². The summed E-state index contributed by atoms with van der Waals surface area (Å²) in [5, 5.41) is 11.2. The summed E-state index contributed by atoms with van der Waals surface area (Å²) in [6.07, 6.45) is 0. The Hall–Kier alpha value is -2.98. The number of anilines is 1. The van der Waals surface area contributed by atoms with Crippen LogP contribution in [-0.2, 0) is 9.53 Å². The molecule has 2 aromatic rings. The summed E-state index contributed by atoms with van der Waals surface area (Å²) < 4.78 is 4.98. The van der Waals surface area contributed by atoms with E-state index in [1.807, 2.05) is 4.90 Å². The molecule has 0 unspecified atom stereocenters. The Morgan fingerprint density at radius 1 is 1.30 bits per heavy atom. The van der Waals surface area contributed by atoms with Crippen LogP contribution >= 0.6 is 24.0 Å². The van der Waals surface area contributed by atoms with Crippen LogP contribution in [0.4, 0.5) is 11.4 Å². The van der Waals surface area contributed by atoms with Crippen LogP contribution < -0.4 is 4.90 Å². The van der Waals surface area contributed by atoms with E-state index in [0.717, 1.165) is 5.56 Å². The summed E-state index contributed by atoms with van der Waals surface area (Å²) in [5.74, 6) is -0.0459. The third kappa shape index (κ3) is 3.41. The highest BCUT2D eigenvalue weighted by Gasteiger charge is 2.51. The lowest BCUT2D eigenvalue weighted by molar-refractivity contribution is -0.384. The van der Waals surface area contributed by atoms with Crippen molar-refractivity contribution in [2.75, 3.05) is 17.3 Å². The number of nitro benzene ring substituents is 1. The van der Waals surface area contributed by atoms with Crippen molar-refractivity contribution in [1.82, 2.24) is 4.90 Å². The number of carbonyl (C=O) groups is 2. The van der Waals surface area contributed by atoms with Crippen LogP contribution in [0.2, 0.25) is 0 Å². The van der Waals surface area contributed by atoms with Crippen LogP contribution in [-0.4, -0.2) is 45.2 Å². The first-order valence-electron chi connectivity index (χ1n) is 9.21. The fraction of sp³-hybridized carbons (Fsp3) is 0.250. The summed E-state index contributed by atoms with van der Waals surface area (Å²) in [6.45, 7) is 2.01. The van der Waals surface area contributed by atoms with Gasteiger partial charge in [-0.1, -0.05) is 12.1 Å². The van der Waals surface area contributed by atoms with E-state index in [1.54, 1.807) is 43.3 Å². The van der Waals surface area contributed by atoms with Crippen molar-refractivity contribution in [2.45, 2.75) is 18.3 Å². The average molecular weight is 444 g/mol. The van der Waals surface area contributed by atoms with Gasteiger partial charge in [-0.3, -0.25) is 19.8 Å². The fourth-order valence-corrected chi connectivity index (χ4v) is 5.45. The molecular formula is C20H17N3O5S2. The smallest absolute Gasteiger partial charge is 0.338 e. The van der Waals surface area contributed by atoms with E-state index in [0.29, 0.717) is 22.1 Å². The van der Waals surface area contributed by atoms with Crippen molar-refractivity contribution >= 4 is 52.3 Å². The fourth-order valence-electron chi connectivity index (χ4n) is 3.54. The number of nitrogens with zero attached hydrogens (tertiary/aromatic N) is 3. The number of thioether (sulfide) groups is 1. The number of carbonyl (C=O) groups excluding carboxylic acids is 2. The molecule has 0 aromatic heterocycles. The lowest BCUT2D eigenvalue weighted by Gasteiger charge is -2.25. The molecule has 8 nitrogen and oxygen atoms in total. The number of benzene rings is 2. The lowest BCUT2D eigenvalue weighted by atomic mass is 10.1. The van der Waals surface area contributed by atoms with Gasteiger partial charge in [0.25, 0.3) is 11.6 Å². The average Bonchev–Trinajstić information content (AvgIpc) is 3.29. The molecule has 2 heterocycles. The second kappa shape index (κ2) is 8.04. The van der Waals surface area contributed by atoms with E-state index in [2.05, 4.69) is 0 Å². The third-order valence-corrected chi connectivity index (χ3v) is 6.64. The SMILES string of the molecule is CCOC(=O)c1ccc(N2C(=O)[C@H]3CS[C@@H](c4cccc([N+](=O)[O-])c4)N3C2=S)cc1. The minimum atomic E-state index is -0.439. The Morgan fingerprint density at radius 2 is 2.03 bits per heavy atom. The maximum atomic E-state index is 13.1. The van der Waals surface area contributed by atoms with E-state index < -0.39 is 16.9 Å². The Balaban J connectivity index is 1.60. The van der Waals surface area contributed by atoms with Gasteiger partial charge in [0, 0.05) is 17.9 Å². The minimum absolute atomic E-state index is 0.000554. The number of fused-ring (bicyclic) bond motifs is 1. The zero-order valence-electron chi connectivity index (χ0n) is 15.9. The van der Waals surface area contributed by atoms with Gasteiger partial charge in [-0.25, -0.2) is 4.79 Å². The Morgan fingerprint density at radius 3 is 2.70 bits per heavy atom. The molecule has 0 aliphatic carbocycles. The Kier molecular flexibility index (Phi) is 5.44. The van der Waals surface area contributed by atoms with Crippen molar-refractivity contribution in [3.8, 4) is 0 Å². The predicted molar refractivity (Wildman–Crippen MR) is 116 cm³/mol. The molecule has 2 aliphatic heterocycles. The highest BCUT2D eigenvalue weighted by atomic mass is 32.2. The van der Waals surface area contributed by atoms with Crippen molar-refractivity contribution < 1.29 is 19.2 Å². The third-order valence-electron chi connectivity index (χ3n) is 4.92. The van der Waals surface area contributed by atoms with Gasteiger partial charge in [-0.05, 0) is 49.0 Å². The summed E-state index contributed by atoms with van der Waals surface area (Å²) in [7, 11) is 0. The van der Waals surface area contributed by atoms with Gasteiger partial charge in [0.05, 0.1) is 22.8 Å². The summed E-state index contributed by atoms with van der Waals surface area (Å²) in [6, 6.07) is 12.5. The molecule has 4 rings (SSSR count). The topological polar surface area (TPSA) is 93.0 Å². The maximum absolute atomic E-state index is 13.1.